The average Bonchev–Trinajstić information content (AvgIpc) is 0.710. The van der Waals surface area contributed by atoms with Gasteiger partial charge in [0.25, 0.3) is 23.6 Å². The first-order valence-corrected chi connectivity index (χ1v) is 30.1. The van der Waals surface area contributed by atoms with E-state index in [0.29, 0.717) is 12.4 Å². The summed E-state index contributed by atoms with van der Waals surface area (Å²) in [7, 11) is 0. The molecule has 0 saturated heterocycles. The van der Waals surface area contributed by atoms with Gasteiger partial charge in [-0.05, 0) is 184 Å². The van der Waals surface area contributed by atoms with Crippen molar-refractivity contribution in [3.63, 3.8) is 0 Å². The third-order valence-electron chi connectivity index (χ3n) is 13.7. The average molecular weight is 1300 g/mol. The first-order chi connectivity index (χ1) is 49.4. The number of carbonyl (C=O) groups is 4. The molecular weight excluding hydrogens is 1180 g/mol. The van der Waals surface area contributed by atoms with Crippen LogP contribution < -0.4 is 65.5 Å². The Morgan fingerprint density at radius 3 is 1.12 bits per heavy atom. The van der Waals surface area contributed by atoms with Crippen LogP contribution in [0.4, 0.5) is 47.1 Å². The highest BCUT2D eigenvalue weighted by atomic mass is 16.3. The SMILES string of the molecule is [2H]C([2H])([2H])C1CCC(Nc2nc(NC(C)(C)C)ncc2C(N)=O)CC1([2H])O.[2H]C1(C)CCC([2H])(Nc2nc(NC(C)(C)C)ncc2C(N)=O)C([2H])([2H])C1([2H])O.[2H]C1(Nc2nc(NC(C)(C)C)ncc2C(N)=O)CCC(C([2H])([2H])[2H])C(O)C1.[2H]C1(Nc2nc(NC(C)(C)C)ncc2C(N)=O)CCC([2H])(C([2H])([2H])[2H])C(O)C1. The molecule has 8 rings (SSSR count). The summed E-state index contributed by atoms with van der Waals surface area (Å²) in [6.07, 6.45) is -5.79. The second-order valence-corrected chi connectivity index (χ2v) is 26.9. The maximum atomic E-state index is 11.8. The van der Waals surface area contributed by atoms with Gasteiger partial charge in [-0.15, -0.1) is 0 Å². The van der Waals surface area contributed by atoms with Crippen molar-refractivity contribution >= 4 is 70.7 Å². The topological polar surface area (TPSA) is 453 Å². The number of nitrogens with two attached hydrogens (primary N) is 4. The summed E-state index contributed by atoms with van der Waals surface area (Å²) < 4.78 is 142. The number of carbonyl (C=O) groups excluding carboxylic acids is 4. The number of rotatable bonds is 16. The van der Waals surface area contributed by atoms with Crippen LogP contribution in [-0.4, -0.2) is 155 Å². The molecule has 4 aliphatic carbocycles. The Labute approximate surface area is 568 Å². The number of aliphatic hydroxyl groups excluding tert-OH is 2. The summed E-state index contributed by atoms with van der Waals surface area (Å²) in [6, 6.07) is -5.56. The van der Waals surface area contributed by atoms with E-state index in [0.717, 1.165) is 6.20 Å². The minimum atomic E-state index is -2.88. The lowest BCUT2D eigenvalue weighted by Crippen LogP contribution is -2.36. The van der Waals surface area contributed by atoms with E-state index in [2.05, 4.69) is 82.4 Å². The molecule has 4 fully saturated rings. The van der Waals surface area contributed by atoms with Gasteiger partial charge in [0.05, 0.1) is 53.5 Å². The quantitative estimate of drug-likeness (QED) is 0.0537. The molecule has 4 amide bonds. The third kappa shape index (κ3) is 24.8. The van der Waals surface area contributed by atoms with Gasteiger partial charge in [0.15, 0.2) is 0 Å². The van der Waals surface area contributed by atoms with E-state index in [1.165, 1.54) is 25.5 Å². The Bertz CT molecular complexity index is 3930. The minimum Gasteiger partial charge on any atom is -0.393 e. The monoisotopic (exact) mass is 1300 g/mol. The molecule has 0 bridgehead atoms. The Balaban J connectivity index is 0.000000263. The fourth-order valence-electron chi connectivity index (χ4n) is 9.05. The summed E-state index contributed by atoms with van der Waals surface area (Å²) in [4.78, 5) is 80.1. The maximum absolute atomic E-state index is 11.8. The zero-order valence-corrected chi connectivity index (χ0v) is 54.8. The van der Waals surface area contributed by atoms with Crippen molar-refractivity contribution in [1.29, 1.82) is 0 Å². The highest BCUT2D eigenvalue weighted by Gasteiger charge is 2.32. The molecule has 28 heteroatoms. The van der Waals surface area contributed by atoms with Crippen LogP contribution in [-0.2, 0) is 0 Å². The molecule has 4 aromatic rings. The number of primary amides is 4. The highest BCUT2D eigenvalue weighted by molar-refractivity contribution is 5.99. The standard InChI is InChI=1S/4C16H27N5O2/c4*1-9-5-6-10(7-12(9)22)19-14-11(13(17)23)8-18-15(20-14)21-16(2,3)4/h4*8-10,12,22H,5-7H2,1-4H3,(H2,17,23)(H2,18,19,20,21)/i7D2,9D,10D,12D;1D3,9D,10D;1D3,12D;1D3,10D. The number of aromatic nitrogens is 8. The summed E-state index contributed by atoms with van der Waals surface area (Å²) in [5.74, 6) is -7.98. The van der Waals surface area contributed by atoms with E-state index in [1.807, 2.05) is 83.1 Å². The second-order valence-electron chi connectivity index (χ2n) is 26.9. The second kappa shape index (κ2) is 32.3. The van der Waals surface area contributed by atoms with Crippen LogP contribution in [0.1, 0.15) is 254 Å². The first-order valence-electron chi connectivity index (χ1n) is 39.1. The molecule has 28 nitrogen and oxygen atoms in total. The number of amides is 4. The van der Waals surface area contributed by atoms with Crippen molar-refractivity contribution in [3.05, 3.63) is 47.0 Å². The Hall–Kier alpha value is -7.56. The summed E-state index contributed by atoms with van der Waals surface area (Å²) >= 11 is 0. The molecule has 92 heavy (non-hydrogen) atoms. The normalized spacial score (nSPS) is 34.4. The van der Waals surface area contributed by atoms with Crippen LogP contribution in [0.2, 0.25) is 0 Å². The third-order valence-corrected chi connectivity index (χ3v) is 13.7. The fourth-order valence-corrected chi connectivity index (χ4v) is 9.05. The molecule has 0 aromatic carbocycles. The number of hydrogen-bond donors (Lipinski definition) is 16. The van der Waals surface area contributed by atoms with Crippen molar-refractivity contribution in [2.45, 2.75) is 258 Å². The molecule has 4 aromatic heterocycles. The van der Waals surface area contributed by atoms with Gasteiger partial charge in [0.2, 0.25) is 23.8 Å². The van der Waals surface area contributed by atoms with Crippen LogP contribution in [0.15, 0.2) is 24.8 Å². The van der Waals surface area contributed by atoms with Crippen LogP contribution in [0.25, 0.3) is 0 Å². The van der Waals surface area contributed by atoms with Crippen LogP contribution >= 0.6 is 0 Å². The zero-order valence-electron chi connectivity index (χ0n) is 72.8. The van der Waals surface area contributed by atoms with Crippen molar-refractivity contribution in [1.82, 2.24) is 39.9 Å². The predicted molar refractivity (Wildman–Crippen MR) is 361 cm³/mol. The van der Waals surface area contributed by atoms with Crippen molar-refractivity contribution in [3.8, 4) is 0 Å². The zero-order chi connectivity index (χ0) is 84.5. The van der Waals surface area contributed by atoms with Gasteiger partial charge < -0.3 is 85.9 Å². The molecule has 0 spiro atoms. The van der Waals surface area contributed by atoms with E-state index < -0.39 is 128 Å². The van der Waals surface area contributed by atoms with Gasteiger partial charge in [-0.2, -0.15) is 19.9 Å². The van der Waals surface area contributed by atoms with Crippen molar-refractivity contribution in [2.75, 3.05) is 42.5 Å². The molecule has 0 aliphatic heterocycles. The van der Waals surface area contributed by atoms with E-state index in [1.54, 1.807) is 0 Å². The summed E-state index contributed by atoms with van der Waals surface area (Å²) in [5, 5.41) is 64.8. The van der Waals surface area contributed by atoms with E-state index in [-0.39, 0.29) is 144 Å². The Kier molecular flexibility index (Phi) is 18.2. The van der Waals surface area contributed by atoms with Gasteiger partial charge in [-0.25, -0.2) is 19.9 Å². The Morgan fingerprint density at radius 2 is 0.783 bits per heavy atom. The van der Waals surface area contributed by atoms with Gasteiger partial charge in [-0.3, -0.25) is 19.2 Å². The predicted octanol–water partition coefficient (Wildman–Crippen LogP) is 6.99. The fraction of sp³-hybridized carbons (Fsp3) is 0.688. The van der Waals surface area contributed by atoms with E-state index in [4.69, 9.17) is 47.6 Å². The molecule has 4 saturated carbocycles. The lowest BCUT2D eigenvalue weighted by atomic mass is 9.85. The van der Waals surface area contributed by atoms with Crippen LogP contribution in [0.5, 0.6) is 0 Å². The molecule has 0 radical (unpaired) electrons. The summed E-state index contributed by atoms with van der Waals surface area (Å²) in [5.41, 5.74) is 20.0. The number of aliphatic hydroxyl groups is 4. The van der Waals surface area contributed by atoms with Crippen molar-refractivity contribution < 1.29 is 64.3 Å². The van der Waals surface area contributed by atoms with Gasteiger partial charge >= 0.3 is 0 Å². The van der Waals surface area contributed by atoms with Crippen LogP contribution in [0, 0.1) is 23.6 Å². The van der Waals surface area contributed by atoms with Crippen LogP contribution in [0.3, 0.4) is 0 Å². The minimum absolute atomic E-state index is 0.0165. The molecule has 512 valence electrons. The van der Waals surface area contributed by atoms with E-state index in [9.17, 15) is 39.6 Å². The number of anilines is 8. The number of nitrogens with zero attached hydrogens (tertiary/aromatic N) is 8. The van der Waals surface area contributed by atoms with Gasteiger partial charge in [0.1, 0.15) is 23.3 Å². The molecule has 20 N–H and O–H groups in total. The smallest absolute Gasteiger partial charge is 0.254 e. The molecule has 12 atom stereocenters. The van der Waals surface area contributed by atoms with Gasteiger partial charge in [0, 0.05) is 88.9 Å². The largest absolute Gasteiger partial charge is 0.393 e. The first kappa shape index (κ1) is 51.9. The highest BCUT2D eigenvalue weighted by Crippen LogP contribution is 2.32. The van der Waals surface area contributed by atoms with Crippen molar-refractivity contribution in [2.24, 2.45) is 46.6 Å². The number of hydrogen-bond acceptors (Lipinski definition) is 24. The maximum Gasteiger partial charge on any atom is 0.254 e. The molecule has 4 aliphatic rings. The van der Waals surface area contributed by atoms with Gasteiger partial charge in [-0.1, -0.05) is 27.5 Å². The lowest BCUT2D eigenvalue weighted by molar-refractivity contribution is 0.0737. The molecule has 12 unspecified atom stereocenters. The summed E-state index contributed by atoms with van der Waals surface area (Å²) in [6.45, 7) is 16.8. The number of nitrogens with one attached hydrogen (secondary N) is 8. The molecule has 4 heterocycles. The lowest BCUT2D eigenvalue weighted by Gasteiger charge is -2.32. The molecular formula is C64H108N20O8. The van der Waals surface area contributed by atoms with E-state index >= 15 is 0 Å². The Morgan fingerprint density at radius 1 is 0.446 bits per heavy atom.